The normalized spacial score (nSPS) is 21.5. The fourth-order valence-electron chi connectivity index (χ4n) is 2.03. The number of benzene rings is 1. The van der Waals surface area contributed by atoms with E-state index in [4.69, 9.17) is 5.73 Å². The van der Waals surface area contributed by atoms with Crippen LogP contribution in [-0.2, 0) is 19.9 Å². The van der Waals surface area contributed by atoms with Gasteiger partial charge in [0.15, 0.2) is 9.84 Å². The molecule has 2 rings (SSSR count). The summed E-state index contributed by atoms with van der Waals surface area (Å²) in [7, 11) is -6.73. The summed E-state index contributed by atoms with van der Waals surface area (Å²) < 4.78 is 48.7. The van der Waals surface area contributed by atoms with E-state index in [-0.39, 0.29) is 35.5 Å². The van der Waals surface area contributed by atoms with Crippen LogP contribution in [-0.4, -0.2) is 45.7 Å². The fourth-order valence-corrected chi connectivity index (χ4v) is 4.90. The Morgan fingerprint density at radius 2 is 1.65 bits per heavy atom. The molecule has 6 nitrogen and oxygen atoms in total. The predicted molar refractivity (Wildman–Crippen MR) is 76.5 cm³/mol. The van der Waals surface area contributed by atoms with E-state index in [9.17, 15) is 16.8 Å². The third kappa shape index (κ3) is 3.20. The van der Waals surface area contributed by atoms with Crippen molar-refractivity contribution in [1.29, 1.82) is 0 Å². The maximum atomic E-state index is 12.4. The predicted octanol–water partition coefficient (Wildman–Crippen LogP) is 0.125. The lowest BCUT2D eigenvalue weighted by atomic mass is 10.1. The average molecular weight is 318 g/mol. The third-order valence-electron chi connectivity index (χ3n) is 3.35. The van der Waals surface area contributed by atoms with Crippen molar-refractivity contribution in [3.63, 3.8) is 0 Å². The van der Waals surface area contributed by atoms with Crippen molar-refractivity contribution >= 4 is 19.9 Å². The van der Waals surface area contributed by atoms with Crippen molar-refractivity contribution in [2.45, 2.75) is 17.9 Å². The SMILES string of the molecule is CC(N)c1ccc(S(=O)(=O)N2CCS(=O)(=O)CC2)cc1. The van der Waals surface area contributed by atoms with Gasteiger partial charge in [-0.1, -0.05) is 12.1 Å². The maximum absolute atomic E-state index is 12.4. The Hall–Kier alpha value is -0.960. The van der Waals surface area contributed by atoms with Crippen LogP contribution in [0.25, 0.3) is 0 Å². The molecule has 20 heavy (non-hydrogen) atoms. The van der Waals surface area contributed by atoms with E-state index in [1.165, 1.54) is 16.4 Å². The second-order valence-electron chi connectivity index (χ2n) is 4.91. The Labute approximate surface area is 119 Å². The van der Waals surface area contributed by atoms with Gasteiger partial charge in [-0.25, -0.2) is 16.8 Å². The van der Waals surface area contributed by atoms with Crippen LogP contribution in [0.4, 0.5) is 0 Å². The van der Waals surface area contributed by atoms with Crippen molar-refractivity contribution in [3.05, 3.63) is 29.8 Å². The van der Waals surface area contributed by atoms with Crippen molar-refractivity contribution in [1.82, 2.24) is 4.31 Å². The lowest BCUT2D eigenvalue weighted by Gasteiger charge is -2.26. The van der Waals surface area contributed by atoms with E-state index < -0.39 is 19.9 Å². The van der Waals surface area contributed by atoms with Crippen LogP contribution in [0.15, 0.2) is 29.2 Å². The van der Waals surface area contributed by atoms with Crippen LogP contribution >= 0.6 is 0 Å². The first-order valence-corrected chi connectivity index (χ1v) is 9.55. The van der Waals surface area contributed by atoms with Gasteiger partial charge < -0.3 is 5.73 Å². The molecule has 1 atom stereocenters. The molecule has 0 spiro atoms. The van der Waals surface area contributed by atoms with Crippen molar-refractivity contribution in [2.24, 2.45) is 5.73 Å². The van der Waals surface area contributed by atoms with Gasteiger partial charge in [-0.3, -0.25) is 0 Å². The van der Waals surface area contributed by atoms with E-state index in [0.29, 0.717) is 0 Å². The zero-order valence-electron chi connectivity index (χ0n) is 11.2. The number of hydrogen-bond acceptors (Lipinski definition) is 5. The van der Waals surface area contributed by atoms with Gasteiger partial charge in [0.1, 0.15) is 0 Å². The van der Waals surface area contributed by atoms with Crippen molar-refractivity contribution in [2.75, 3.05) is 24.6 Å². The standard InChI is InChI=1S/C12H18N2O4S2/c1-10(13)11-2-4-12(5-3-11)20(17,18)14-6-8-19(15,16)9-7-14/h2-5,10H,6-9,13H2,1H3. The number of nitrogens with two attached hydrogens (primary N) is 1. The van der Waals surface area contributed by atoms with Gasteiger partial charge >= 0.3 is 0 Å². The van der Waals surface area contributed by atoms with Gasteiger partial charge in [0.25, 0.3) is 0 Å². The molecule has 1 heterocycles. The van der Waals surface area contributed by atoms with Crippen LogP contribution in [0.1, 0.15) is 18.5 Å². The van der Waals surface area contributed by atoms with Gasteiger partial charge in [0.2, 0.25) is 10.0 Å². The Morgan fingerprint density at radius 1 is 1.15 bits per heavy atom. The fraction of sp³-hybridized carbons (Fsp3) is 0.500. The summed E-state index contributed by atoms with van der Waals surface area (Å²) in [5.74, 6) is -0.242. The van der Waals surface area contributed by atoms with E-state index in [1.807, 2.05) is 6.92 Å². The second kappa shape index (κ2) is 5.44. The smallest absolute Gasteiger partial charge is 0.243 e. The monoisotopic (exact) mass is 318 g/mol. The van der Waals surface area contributed by atoms with E-state index in [0.717, 1.165) is 5.56 Å². The van der Waals surface area contributed by atoms with Crippen molar-refractivity contribution < 1.29 is 16.8 Å². The molecule has 0 radical (unpaired) electrons. The minimum absolute atomic E-state index is 0.0136. The number of hydrogen-bond donors (Lipinski definition) is 1. The van der Waals surface area contributed by atoms with Crippen LogP contribution < -0.4 is 5.73 Å². The highest BCUT2D eigenvalue weighted by molar-refractivity contribution is 7.92. The van der Waals surface area contributed by atoms with E-state index >= 15 is 0 Å². The quantitative estimate of drug-likeness (QED) is 0.854. The molecule has 112 valence electrons. The zero-order chi connectivity index (χ0) is 15.0. The van der Waals surface area contributed by atoms with Gasteiger partial charge in [-0.2, -0.15) is 4.31 Å². The number of nitrogens with zero attached hydrogens (tertiary/aromatic N) is 1. The highest BCUT2D eigenvalue weighted by Crippen LogP contribution is 2.20. The first-order valence-electron chi connectivity index (χ1n) is 6.28. The molecule has 1 aromatic rings. The molecule has 0 aromatic heterocycles. The average Bonchev–Trinajstić information content (AvgIpc) is 2.38. The summed E-state index contributed by atoms with van der Waals surface area (Å²) in [6.07, 6.45) is 0. The molecule has 8 heteroatoms. The van der Waals surface area contributed by atoms with Gasteiger partial charge in [0, 0.05) is 19.1 Å². The van der Waals surface area contributed by atoms with Crippen molar-refractivity contribution in [3.8, 4) is 0 Å². The molecule has 2 N–H and O–H groups in total. The highest BCUT2D eigenvalue weighted by atomic mass is 32.2. The lowest BCUT2D eigenvalue weighted by Crippen LogP contribution is -2.43. The molecule has 0 saturated carbocycles. The molecule has 1 saturated heterocycles. The Bertz CT molecular complexity index is 665. The first kappa shape index (κ1) is 15.4. The summed E-state index contributed by atoms with van der Waals surface area (Å²) in [4.78, 5) is 0.168. The summed E-state index contributed by atoms with van der Waals surface area (Å²) in [6, 6.07) is 6.22. The summed E-state index contributed by atoms with van der Waals surface area (Å²) >= 11 is 0. The lowest BCUT2D eigenvalue weighted by molar-refractivity contribution is 0.430. The molecular formula is C12H18N2O4S2. The first-order chi connectivity index (χ1) is 9.22. The van der Waals surface area contributed by atoms with Crippen LogP contribution in [0, 0.1) is 0 Å². The number of sulfone groups is 1. The minimum atomic E-state index is -3.63. The molecule has 1 fully saturated rings. The molecular weight excluding hydrogens is 300 g/mol. The van der Waals surface area contributed by atoms with Crippen LogP contribution in [0.3, 0.4) is 0 Å². The second-order valence-corrected chi connectivity index (χ2v) is 9.16. The largest absolute Gasteiger partial charge is 0.324 e. The topological polar surface area (TPSA) is 97.5 Å². The Kier molecular flexibility index (Phi) is 4.19. The highest BCUT2D eigenvalue weighted by Gasteiger charge is 2.31. The number of rotatable bonds is 3. The molecule has 0 bridgehead atoms. The summed E-state index contributed by atoms with van der Waals surface area (Å²) in [6.45, 7) is 1.85. The van der Waals surface area contributed by atoms with Crippen LogP contribution in [0.2, 0.25) is 0 Å². The molecule has 1 aliphatic heterocycles. The van der Waals surface area contributed by atoms with E-state index in [1.54, 1.807) is 12.1 Å². The Balaban J connectivity index is 2.22. The van der Waals surface area contributed by atoms with E-state index in [2.05, 4.69) is 0 Å². The number of sulfonamides is 1. The van der Waals surface area contributed by atoms with Gasteiger partial charge in [0.05, 0.1) is 16.4 Å². The molecule has 0 aliphatic carbocycles. The van der Waals surface area contributed by atoms with Gasteiger partial charge in [-0.15, -0.1) is 0 Å². The maximum Gasteiger partial charge on any atom is 0.243 e. The summed E-state index contributed by atoms with van der Waals surface area (Å²) in [5, 5.41) is 0. The molecule has 0 amide bonds. The molecule has 1 aliphatic rings. The minimum Gasteiger partial charge on any atom is -0.324 e. The molecule has 1 aromatic carbocycles. The van der Waals surface area contributed by atoms with Crippen LogP contribution in [0.5, 0.6) is 0 Å². The van der Waals surface area contributed by atoms with Gasteiger partial charge in [-0.05, 0) is 24.6 Å². The third-order valence-corrected chi connectivity index (χ3v) is 6.87. The summed E-state index contributed by atoms with van der Waals surface area (Å²) in [5.41, 5.74) is 6.57. The molecule has 1 unspecified atom stereocenters. The zero-order valence-corrected chi connectivity index (χ0v) is 12.8. The Morgan fingerprint density at radius 3 is 2.10 bits per heavy atom.